The maximum Gasteiger partial charge on any atom is 0.244 e. The van der Waals surface area contributed by atoms with Crippen LogP contribution in [0, 0.1) is 6.92 Å². The summed E-state index contributed by atoms with van der Waals surface area (Å²) in [4.78, 5) is 19.5. The molecule has 0 saturated carbocycles. The molecule has 0 aliphatic carbocycles. The molecule has 0 spiro atoms. The number of hydrogen-bond donors (Lipinski definition) is 1. The van der Waals surface area contributed by atoms with Crippen LogP contribution in [0.15, 0.2) is 17.8 Å². The number of likely N-dealkylation sites (N-methyl/N-ethyl adjacent to an activating group) is 1. The molecule has 2 unspecified atom stereocenters. The molecule has 0 aromatic carbocycles. The van der Waals surface area contributed by atoms with Gasteiger partial charge >= 0.3 is 0 Å². The van der Waals surface area contributed by atoms with Crippen LogP contribution in [-0.4, -0.2) is 45.7 Å². The van der Waals surface area contributed by atoms with Crippen molar-refractivity contribution in [2.75, 3.05) is 20.1 Å². The highest BCUT2D eigenvalue weighted by molar-refractivity contribution is 7.09. The maximum atomic E-state index is 12.9. The van der Waals surface area contributed by atoms with E-state index in [1.807, 2.05) is 32.1 Å². The van der Waals surface area contributed by atoms with Gasteiger partial charge in [-0.2, -0.15) is 5.10 Å². The van der Waals surface area contributed by atoms with Gasteiger partial charge in [0, 0.05) is 48.9 Å². The number of aryl methyl sites for hydroxylation is 2. The number of halogens is 2. The number of piperidine rings is 1. The standard InChI is InChI=1S/C16H23N5OS.2ClH/c1-11-10-23-15(19-11)12-5-4-6-21(9-12)16(22)14(17-2)13-7-18-20(3)8-13;;/h7-8,10,12,14,17H,4-6,9H2,1-3H3;2*1H. The monoisotopic (exact) mass is 405 g/mol. The zero-order valence-electron chi connectivity index (χ0n) is 14.6. The van der Waals surface area contributed by atoms with Crippen molar-refractivity contribution in [3.8, 4) is 0 Å². The van der Waals surface area contributed by atoms with Crippen LogP contribution in [0.2, 0.25) is 0 Å². The summed E-state index contributed by atoms with van der Waals surface area (Å²) < 4.78 is 1.73. The van der Waals surface area contributed by atoms with E-state index in [1.54, 1.807) is 22.2 Å². The Kier molecular flexibility index (Phi) is 8.34. The van der Waals surface area contributed by atoms with Gasteiger partial charge in [0.2, 0.25) is 5.91 Å². The number of carbonyl (C=O) groups is 1. The first kappa shape index (κ1) is 21.9. The third kappa shape index (κ3) is 4.94. The lowest BCUT2D eigenvalue weighted by Gasteiger charge is -2.34. The number of amides is 1. The van der Waals surface area contributed by atoms with Crippen molar-refractivity contribution in [2.45, 2.75) is 31.7 Å². The molecule has 140 valence electrons. The minimum absolute atomic E-state index is 0. The smallest absolute Gasteiger partial charge is 0.244 e. The van der Waals surface area contributed by atoms with Crippen LogP contribution >= 0.6 is 36.2 Å². The SMILES string of the molecule is CNC(C(=O)N1CCCC(c2nc(C)cs2)C1)c1cnn(C)c1.Cl.Cl. The molecule has 9 heteroatoms. The van der Waals surface area contributed by atoms with Crippen molar-refractivity contribution < 1.29 is 4.79 Å². The van der Waals surface area contributed by atoms with Crippen molar-refractivity contribution in [3.63, 3.8) is 0 Å². The lowest BCUT2D eigenvalue weighted by Crippen LogP contribution is -2.44. The van der Waals surface area contributed by atoms with Gasteiger partial charge in [0.25, 0.3) is 0 Å². The summed E-state index contributed by atoms with van der Waals surface area (Å²) in [5.41, 5.74) is 1.98. The van der Waals surface area contributed by atoms with Gasteiger partial charge in [-0.25, -0.2) is 4.98 Å². The van der Waals surface area contributed by atoms with E-state index in [-0.39, 0.29) is 36.8 Å². The normalized spacial score (nSPS) is 18.2. The van der Waals surface area contributed by atoms with Crippen LogP contribution in [0.25, 0.3) is 0 Å². The molecule has 3 rings (SSSR count). The molecule has 1 amide bonds. The number of aromatic nitrogens is 3. The van der Waals surface area contributed by atoms with Gasteiger partial charge in [-0.3, -0.25) is 9.48 Å². The van der Waals surface area contributed by atoms with Gasteiger partial charge < -0.3 is 10.2 Å². The van der Waals surface area contributed by atoms with E-state index >= 15 is 0 Å². The van der Waals surface area contributed by atoms with Crippen LogP contribution in [0.1, 0.15) is 41.1 Å². The van der Waals surface area contributed by atoms with Crippen LogP contribution in [0.3, 0.4) is 0 Å². The summed E-state index contributed by atoms with van der Waals surface area (Å²) >= 11 is 1.71. The first-order valence-electron chi connectivity index (χ1n) is 7.95. The van der Waals surface area contributed by atoms with E-state index in [9.17, 15) is 4.79 Å². The first-order valence-corrected chi connectivity index (χ1v) is 8.83. The van der Waals surface area contributed by atoms with Crippen molar-refractivity contribution >= 4 is 42.1 Å². The molecule has 2 atom stereocenters. The lowest BCUT2D eigenvalue weighted by molar-refractivity contribution is -0.134. The van der Waals surface area contributed by atoms with Crippen LogP contribution < -0.4 is 5.32 Å². The number of thiazole rings is 1. The summed E-state index contributed by atoms with van der Waals surface area (Å²) in [6.45, 7) is 3.59. The Labute approximate surface area is 164 Å². The zero-order chi connectivity index (χ0) is 16.4. The second-order valence-corrected chi connectivity index (χ2v) is 7.01. The maximum absolute atomic E-state index is 12.9. The third-order valence-electron chi connectivity index (χ3n) is 4.31. The van der Waals surface area contributed by atoms with E-state index in [2.05, 4.69) is 20.8 Å². The predicted octanol–water partition coefficient (Wildman–Crippen LogP) is 2.70. The Morgan fingerprint density at radius 1 is 1.44 bits per heavy atom. The zero-order valence-corrected chi connectivity index (χ0v) is 17.1. The topological polar surface area (TPSA) is 63.1 Å². The molecule has 2 aromatic rings. The molecule has 1 aliphatic rings. The molecule has 3 heterocycles. The number of nitrogens with one attached hydrogen (secondary N) is 1. The summed E-state index contributed by atoms with van der Waals surface area (Å²) in [5, 5.41) is 10.5. The summed E-state index contributed by atoms with van der Waals surface area (Å²) in [7, 11) is 3.68. The van der Waals surface area contributed by atoms with Gasteiger partial charge in [-0.05, 0) is 26.8 Å². The van der Waals surface area contributed by atoms with E-state index in [1.165, 1.54) is 0 Å². The fourth-order valence-corrected chi connectivity index (χ4v) is 4.07. The molecule has 1 fully saturated rings. The highest BCUT2D eigenvalue weighted by Gasteiger charge is 2.31. The van der Waals surface area contributed by atoms with Crippen LogP contribution in [0.5, 0.6) is 0 Å². The van der Waals surface area contributed by atoms with E-state index in [0.29, 0.717) is 5.92 Å². The van der Waals surface area contributed by atoms with Crippen LogP contribution in [0.4, 0.5) is 0 Å². The molecule has 1 saturated heterocycles. The Bertz CT molecular complexity index is 690. The molecular formula is C16H25Cl2N5OS. The third-order valence-corrected chi connectivity index (χ3v) is 5.44. The van der Waals surface area contributed by atoms with E-state index < -0.39 is 0 Å². The van der Waals surface area contributed by atoms with E-state index in [0.717, 1.165) is 42.2 Å². The molecule has 2 aromatic heterocycles. The summed E-state index contributed by atoms with van der Waals surface area (Å²) in [6, 6.07) is -0.333. The second kappa shape index (κ2) is 9.52. The lowest BCUT2D eigenvalue weighted by atomic mass is 9.97. The highest BCUT2D eigenvalue weighted by Crippen LogP contribution is 2.30. The van der Waals surface area contributed by atoms with Crippen molar-refractivity contribution in [1.82, 2.24) is 25.0 Å². The highest BCUT2D eigenvalue weighted by atomic mass is 35.5. The van der Waals surface area contributed by atoms with Crippen molar-refractivity contribution in [1.29, 1.82) is 0 Å². The summed E-state index contributed by atoms with van der Waals surface area (Å²) in [6.07, 6.45) is 5.78. The Balaban J connectivity index is 0.00000156. The van der Waals surface area contributed by atoms with Crippen LogP contribution in [-0.2, 0) is 11.8 Å². The number of rotatable bonds is 4. The summed E-state index contributed by atoms with van der Waals surface area (Å²) in [5.74, 6) is 0.483. The number of likely N-dealkylation sites (tertiary alicyclic amines) is 1. The number of hydrogen-bond acceptors (Lipinski definition) is 5. The second-order valence-electron chi connectivity index (χ2n) is 6.12. The van der Waals surface area contributed by atoms with Gasteiger partial charge in [0.15, 0.2) is 0 Å². The minimum atomic E-state index is -0.333. The van der Waals surface area contributed by atoms with Gasteiger partial charge in [-0.1, -0.05) is 0 Å². The predicted molar refractivity (Wildman–Crippen MR) is 105 cm³/mol. The molecular weight excluding hydrogens is 381 g/mol. The molecule has 0 bridgehead atoms. The van der Waals surface area contributed by atoms with Gasteiger partial charge in [-0.15, -0.1) is 36.2 Å². The van der Waals surface area contributed by atoms with Crippen molar-refractivity contribution in [3.05, 3.63) is 34.0 Å². The number of carbonyl (C=O) groups excluding carboxylic acids is 1. The molecule has 1 aliphatic heterocycles. The van der Waals surface area contributed by atoms with Gasteiger partial charge in [0.1, 0.15) is 6.04 Å². The molecule has 1 N–H and O–H groups in total. The first-order chi connectivity index (χ1) is 11.1. The fraction of sp³-hybridized carbons (Fsp3) is 0.562. The Morgan fingerprint density at radius 2 is 2.20 bits per heavy atom. The fourth-order valence-electron chi connectivity index (χ4n) is 3.14. The molecule has 25 heavy (non-hydrogen) atoms. The number of nitrogens with zero attached hydrogens (tertiary/aromatic N) is 4. The Hall–Kier alpha value is -1.15. The average molecular weight is 406 g/mol. The average Bonchev–Trinajstić information content (AvgIpc) is 3.17. The quantitative estimate of drug-likeness (QED) is 0.848. The van der Waals surface area contributed by atoms with Gasteiger partial charge in [0.05, 0.1) is 11.2 Å². The van der Waals surface area contributed by atoms with Crippen molar-refractivity contribution in [2.24, 2.45) is 7.05 Å². The molecule has 6 nitrogen and oxygen atoms in total. The Morgan fingerprint density at radius 3 is 2.76 bits per heavy atom. The van der Waals surface area contributed by atoms with E-state index in [4.69, 9.17) is 0 Å². The largest absolute Gasteiger partial charge is 0.340 e. The minimum Gasteiger partial charge on any atom is -0.340 e. The molecule has 0 radical (unpaired) electrons.